The second-order valence-corrected chi connectivity index (χ2v) is 7.04. The fourth-order valence-electron chi connectivity index (χ4n) is 2.66. The van der Waals surface area contributed by atoms with Gasteiger partial charge in [-0.2, -0.15) is 5.10 Å². The van der Waals surface area contributed by atoms with Crippen molar-refractivity contribution in [2.24, 2.45) is 5.10 Å². The molecule has 30 heavy (non-hydrogen) atoms. The highest BCUT2D eigenvalue weighted by molar-refractivity contribution is 6.31. The molecule has 0 spiro atoms. The highest BCUT2D eigenvalue weighted by atomic mass is 35.5. The summed E-state index contributed by atoms with van der Waals surface area (Å²) < 4.78 is 11.3. The molecule has 2 aromatic carbocycles. The SMILES string of the molecule is CCOc1cc(C=NNc2ccnc3cc(Cl)ccc23)ccc1OCC(=O)N(C)C. The van der Waals surface area contributed by atoms with Gasteiger partial charge in [0.1, 0.15) is 0 Å². The number of fused-ring (bicyclic) bond motifs is 1. The second kappa shape index (κ2) is 9.93. The molecule has 0 aliphatic heterocycles. The van der Waals surface area contributed by atoms with E-state index in [0.29, 0.717) is 23.1 Å². The molecule has 0 unspecified atom stereocenters. The van der Waals surface area contributed by atoms with Gasteiger partial charge < -0.3 is 14.4 Å². The summed E-state index contributed by atoms with van der Waals surface area (Å²) in [5.74, 6) is 0.935. The summed E-state index contributed by atoms with van der Waals surface area (Å²) in [6, 6.07) is 12.8. The standard InChI is InChI=1S/C22H23ClN4O3/c1-4-29-21-11-15(5-8-20(21)30-14-22(28)27(2)3)13-25-26-18-9-10-24-19-12-16(23)6-7-17(18)19/h5-13H,4,14H2,1-3H3,(H,24,26). The average molecular weight is 427 g/mol. The first-order valence-electron chi connectivity index (χ1n) is 9.41. The first-order valence-corrected chi connectivity index (χ1v) is 9.79. The molecule has 8 heteroatoms. The van der Waals surface area contributed by atoms with E-state index >= 15 is 0 Å². The van der Waals surface area contributed by atoms with Crippen LogP contribution in [0, 0.1) is 0 Å². The number of ether oxygens (including phenoxy) is 2. The van der Waals surface area contributed by atoms with Crippen LogP contribution in [0.1, 0.15) is 12.5 Å². The van der Waals surface area contributed by atoms with Gasteiger partial charge >= 0.3 is 0 Å². The van der Waals surface area contributed by atoms with Crippen molar-refractivity contribution in [1.82, 2.24) is 9.88 Å². The van der Waals surface area contributed by atoms with Crippen LogP contribution in [0.3, 0.4) is 0 Å². The quantitative estimate of drug-likeness (QED) is 0.431. The molecule has 1 N–H and O–H groups in total. The van der Waals surface area contributed by atoms with Crippen molar-refractivity contribution >= 4 is 40.3 Å². The normalized spacial score (nSPS) is 10.9. The summed E-state index contributed by atoms with van der Waals surface area (Å²) in [7, 11) is 3.37. The number of carbonyl (C=O) groups is 1. The number of hydrogen-bond acceptors (Lipinski definition) is 6. The van der Waals surface area contributed by atoms with Crippen LogP contribution in [0.25, 0.3) is 10.9 Å². The third kappa shape index (κ3) is 5.39. The van der Waals surface area contributed by atoms with Crippen LogP contribution >= 0.6 is 11.6 Å². The number of aromatic nitrogens is 1. The number of benzene rings is 2. The molecular weight excluding hydrogens is 404 g/mol. The fraction of sp³-hybridized carbons (Fsp3) is 0.227. The van der Waals surface area contributed by atoms with Crippen molar-refractivity contribution in [2.45, 2.75) is 6.92 Å². The van der Waals surface area contributed by atoms with E-state index in [9.17, 15) is 4.79 Å². The van der Waals surface area contributed by atoms with Gasteiger partial charge in [0, 0.05) is 30.7 Å². The summed E-state index contributed by atoms with van der Waals surface area (Å²) in [5, 5.41) is 5.87. The van der Waals surface area contributed by atoms with E-state index < -0.39 is 0 Å². The van der Waals surface area contributed by atoms with Gasteiger partial charge in [-0.25, -0.2) is 0 Å². The van der Waals surface area contributed by atoms with Gasteiger partial charge in [0.05, 0.1) is 24.0 Å². The zero-order valence-corrected chi connectivity index (χ0v) is 17.8. The Morgan fingerprint density at radius 2 is 2.00 bits per heavy atom. The van der Waals surface area contributed by atoms with Crippen molar-refractivity contribution in [3.05, 3.63) is 59.2 Å². The Labute approximate surface area is 180 Å². The molecule has 0 radical (unpaired) electrons. The van der Waals surface area contributed by atoms with Gasteiger partial charge in [-0.15, -0.1) is 0 Å². The van der Waals surface area contributed by atoms with E-state index in [1.807, 2.05) is 37.3 Å². The molecule has 7 nitrogen and oxygen atoms in total. The van der Waals surface area contributed by atoms with Crippen molar-refractivity contribution in [2.75, 3.05) is 32.7 Å². The molecule has 1 amide bonds. The van der Waals surface area contributed by atoms with Gasteiger partial charge in [0.2, 0.25) is 0 Å². The summed E-state index contributed by atoms with van der Waals surface area (Å²) >= 11 is 6.03. The Morgan fingerprint density at radius 1 is 1.17 bits per heavy atom. The lowest BCUT2D eigenvalue weighted by molar-refractivity contribution is -0.130. The molecule has 156 valence electrons. The highest BCUT2D eigenvalue weighted by Gasteiger charge is 2.10. The fourth-order valence-corrected chi connectivity index (χ4v) is 2.82. The van der Waals surface area contributed by atoms with Gasteiger partial charge in [0.25, 0.3) is 5.91 Å². The molecule has 0 fully saturated rings. The lowest BCUT2D eigenvalue weighted by Crippen LogP contribution is -2.27. The summed E-state index contributed by atoms with van der Waals surface area (Å²) in [6.45, 7) is 2.31. The maximum Gasteiger partial charge on any atom is 0.259 e. The van der Waals surface area contributed by atoms with E-state index in [1.54, 1.807) is 38.6 Å². The van der Waals surface area contributed by atoms with E-state index in [1.165, 1.54) is 4.90 Å². The maximum atomic E-state index is 11.8. The van der Waals surface area contributed by atoms with Crippen molar-refractivity contribution < 1.29 is 14.3 Å². The average Bonchev–Trinajstić information content (AvgIpc) is 2.73. The Hall–Kier alpha value is -3.32. The smallest absolute Gasteiger partial charge is 0.259 e. The van der Waals surface area contributed by atoms with Gasteiger partial charge in [-0.05, 0) is 55.0 Å². The molecule has 0 atom stereocenters. The topological polar surface area (TPSA) is 76.0 Å². The maximum absolute atomic E-state index is 11.8. The number of amides is 1. The van der Waals surface area contributed by atoms with E-state index in [-0.39, 0.29) is 12.5 Å². The van der Waals surface area contributed by atoms with Crippen LogP contribution in [0.5, 0.6) is 11.5 Å². The van der Waals surface area contributed by atoms with Crippen LogP contribution in [-0.2, 0) is 4.79 Å². The number of nitrogens with zero attached hydrogens (tertiary/aromatic N) is 3. The van der Waals surface area contributed by atoms with E-state index in [0.717, 1.165) is 22.2 Å². The minimum Gasteiger partial charge on any atom is -0.490 e. The molecule has 0 saturated carbocycles. The van der Waals surface area contributed by atoms with Crippen LogP contribution in [0.15, 0.2) is 53.8 Å². The molecular formula is C22H23ClN4O3. The summed E-state index contributed by atoms with van der Waals surface area (Å²) in [5.41, 5.74) is 5.46. The number of hydrazone groups is 1. The number of pyridine rings is 1. The number of nitrogens with one attached hydrogen (secondary N) is 1. The molecule has 3 aromatic rings. The van der Waals surface area contributed by atoms with E-state index in [4.69, 9.17) is 21.1 Å². The van der Waals surface area contributed by atoms with Crippen molar-refractivity contribution in [3.63, 3.8) is 0 Å². The zero-order chi connectivity index (χ0) is 21.5. The van der Waals surface area contributed by atoms with Crippen LogP contribution in [0.4, 0.5) is 5.69 Å². The van der Waals surface area contributed by atoms with Crippen LogP contribution in [-0.4, -0.2) is 49.3 Å². The molecule has 0 saturated heterocycles. The largest absolute Gasteiger partial charge is 0.490 e. The van der Waals surface area contributed by atoms with Gasteiger partial charge in [-0.1, -0.05) is 11.6 Å². The molecule has 0 aliphatic rings. The van der Waals surface area contributed by atoms with Crippen LogP contribution in [0.2, 0.25) is 5.02 Å². The first kappa shape index (κ1) is 21.4. The molecule has 1 heterocycles. The third-order valence-electron chi connectivity index (χ3n) is 4.22. The van der Waals surface area contributed by atoms with E-state index in [2.05, 4.69) is 15.5 Å². The minimum absolute atomic E-state index is 0.0544. The number of carbonyl (C=O) groups excluding carboxylic acids is 1. The predicted molar refractivity (Wildman–Crippen MR) is 120 cm³/mol. The summed E-state index contributed by atoms with van der Waals surface area (Å²) in [4.78, 5) is 17.6. The summed E-state index contributed by atoms with van der Waals surface area (Å²) in [6.07, 6.45) is 3.38. The lowest BCUT2D eigenvalue weighted by atomic mass is 10.2. The Kier molecular flexibility index (Phi) is 7.08. The van der Waals surface area contributed by atoms with Crippen molar-refractivity contribution in [3.8, 4) is 11.5 Å². The Bertz CT molecular complexity index is 1070. The minimum atomic E-state index is -0.127. The molecule has 3 rings (SSSR count). The Morgan fingerprint density at radius 3 is 2.77 bits per heavy atom. The predicted octanol–water partition coefficient (Wildman–Crippen LogP) is 4.20. The first-order chi connectivity index (χ1) is 14.5. The van der Waals surface area contributed by atoms with Gasteiger partial charge in [-0.3, -0.25) is 15.2 Å². The van der Waals surface area contributed by atoms with Gasteiger partial charge in [0.15, 0.2) is 18.1 Å². The van der Waals surface area contributed by atoms with Crippen LogP contribution < -0.4 is 14.9 Å². The highest BCUT2D eigenvalue weighted by Crippen LogP contribution is 2.28. The number of likely N-dealkylation sites (N-methyl/N-ethyl adjacent to an activating group) is 1. The number of anilines is 1. The number of halogens is 1. The zero-order valence-electron chi connectivity index (χ0n) is 17.1. The molecule has 1 aromatic heterocycles. The Balaban J connectivity index is 1.74. The third-order valence-corrected chi connectivity index (χ3v) is 4.46. The lowest BCUT2D eigenvalue weighted by Gasteiger charge is -2.14. The monoisotopic (exact) mass is 426 g/mol. The number of rotatable bonds is 8. The molecule has 0 aliphatic carbocycles. The second-order valence-electron chi connectivity index (χ2n) is 6.61. The molecule has 0 bridgehead atoms. The van der Waals surface area contributed by atoms with Crippen molar-refractivity contribution in [1.29, 1.82) is 0 Å². The number of hydrogen-bond donors (Lipinski definition) is 1.